The van der Waals surface area contributed by atoms with Crippen molar-refractivity contribution in [2.75, 3.05) is 0 Å². The summed E-state index contributed by atoms with van der Waals surface area (Å²) in [5.74, 6) is 0. The average Bonchev–Trinajstić information content (AvgIpc) is 2.52. The molecule has 0 aliphatic rings. The van der Waals surface area contributed by atoms with Gasteiger partial charge in [-0.15, -0.1) is 6.58 Å². The first-order valence-corrected chi connectivity index (χ1v) is 15.8. The summed E-state index contributed by atoms with van der Waals surface area (Å²) < 4.78 is 13.4. The standard InChI is InChI=1S/C23H42O3Si2/c1-12-20(25-27(8,9)22(2,3)4)21(18-16-14-13-15-17-19-24)26-28(10,11)23(5,6)7/h12-21H,1H2,2-11H3/b14-13+,17-15+,18-16+/t20-,21-/m1/s1. The van der Waals surface area contributed by atoms with Crippen LogP contribution in [0.15, 0.2) is 49.1 Å². The Morgan fingerprint density at radius 3 is 1.50 bits per heavy atom. The Morgan fingerprint density at radius 1 is 0.714 bits per heavy atom. The van der Waals surface area contributed by atoms with E-state index in [4.69, 9.17) is 8.85 Å². The van der Waals surface area contributed by atoms with Gasteiger partial charge in [0.05, 0.1) is 12.2 Å². The van der Waals surface area contributed by atoms with Gasteiger partial charge in [-0.2, -0.15) is 0 Å². The minimum Gasteiger partial charge on any atom is -0.408 e. The third kappa shape index (κ3) is 8.56. The molecule has 2 atom stereocenters. The van der Waals surface area contributed by atoms with Crippen LogP contribution in [0, 0.1) is 0 Å². The summed E-state index contributed by atoms with van der Waals surface area (Å²) in [6.45, 7) is 26.5. The Balaban J connectivity index is 5.75. The number of hydrogen-bond acceptors (Lipinski definition) is 3. The van der Waals surface area contributed by atoms with Gasteiger partial charge >= 0.3 is 0 Å². The van der Waals surface area contributed by atoms with Gasteiger partial charge in [-0.25, -0.2) is 0 Å². The van der Waals surface area contributed by atoms with Gasteiger partial charge in [-0.05, 0) is 42.3 Å². The molecule has 0 N–H and O–H groups in total. The van der Waals surface area contributed by atoms with Gasteiger partial charge in [-0.1, -0.05) is 78.0 Å². The molecule has 0 aromatic carbocycles. The maximum absolute atomic E-state index is 10.4. The summed E-state index contributed by atoms with van der Waals surface area (Å²) in [6, 6.07) is 0. The highest BCUT2D eigenvalue weighted by Gasteiger charge is 2.43. The molecule has 0 bridgehead atoms. The Labute approximate surface area is 175 Å². The summed E-state index contributed by atoms with van der Waals surface area (Å²) in [4.78, 5) is 10.4. The van der Waals surface area contributed by atoms with Gasteiger partial charge in [-0.3, -0.25) is 4.79 Å². The third-order valence-corrected chi connectivity index (χ3v) is 14.8. The topological polar surface area (TPSA) is 35.5 Å². The molecule has 160 valence electrons. The molecule has 0 aromatic heterocycles. The van der Waals surface area contributed by atoms with Gasteiger partial charge in [0.25, 0.3) is 0 Å². The number of carbonyl (C=O) groups excluding carboxylic acids is 1. The second-order valence-electron chi connectivity index (χ2n) is 10.2. The maximum Gasteiger partial charge on any atom is 0.193 e. The molecule has 0 unspecified atom stereocenters. The highest BCUT2D eigenvalue weighted by molar-refractivity contribution is 6.74. The largest absolute Gasteiger partial charge is 0.408 e. The summed E-state index contributed by atoms with van der Waals surface area (Å²) in [5.41, 5.74) is 0. The lowest BCUT2D eigenvalue weighted by atomic mass is 10.2. The Morgan fingerprint density at radius 2 is 1.11 bits per heavy atom. The lowest BCUT2D eigenvalue weighted by Gasteiger charge is -2.43. The molecule has 0 aliphatic carbocycles. The fourth-order valence-electron chi connectivity index (χ4n) is 1.91. The van der Waals surface area contributed by atoms with Crippen molar-refractivity contribution < 1.29 is 13.6 Å². The monoisotopic (exact) mass is 422 g/mol. The van der Waals surface area contributed by atoms with E-state index in [9.17, 15) is 4.79 Å². The summed E-state index contributed by atoms with van der Waals surface area (Å²) in [5, 5.41) is 0.212. The molecule has 0 aromatic rings. The molecule has 0 heterocycles. The van der Waals surface area contributed by atoms with Crippen molar-refractivity contribution in [3.8, 4) is 0 Å². The summed E-state index contributed by atoms with van der Waals surface area (Å²) >= 11 is 0. The van der Waals surface area contributed by atoms with Crippen LogP contribution in [0.1, 0.15) is 41.5 Å². The van der Waals surface area contributed by atoms with E-state index in [-0.39, 0.29) is 22.3 Å². The van der Waals surface area contributed by atoms with Crippen molar-refractivity contribution in [3.05, 3.63) is 49.1 Å². The molecule has 5 heteroatoms. The minimum absolute atomic E-state index is 0.102. The zero-order valence-electron chi connectivity index (χ0n) is 19.7. The number of allylic oxidation sites excluding steroid dienone is 5. The second kappa shape index (κ2) is 10.7. The highest BCUT2D eigenvalue weighted by Crippen LogP contribution is 2.40. The summed E-state index contributed by atoms with van der Waals surface area (Å²) in [7, 11) is -3.97. The van der Waals surface area contributed by atoms with E-state index >= 15 is 0 Å². The quantitative estimate of drug-likeness (QED) is 0.127. The Bertz CT molecular complexity index is 588. The molecule has 0 spiro atoms. The van der Waals surface area contributed by atoms with E-state index < -0.39 is 16.6 Å². The van der Waals surface area contributed by atoms with Gasteiger partial charge in [0, 0.05) is 0 Å². The van der Waals surface area contributed by atoms with Gasteiger partial charge in [0.1, 0.15) is 6.29 Å². The van der Waals surface area contributed by atoms with Crippen LogP contribution in [0.25, 0.3) is 0 Å². The van der Waals surface area contributed by atoms with Gasteiger partial charge < -0.3 is 8.85 Å². The van der Waals surface area contributed by atoms with Crippen LogP contribution in [0.5, 0.6) is 0 Å². The first-order valence-electron chi connectivity index (χ1n) is 10.0. The summed E-state index contributed by atoms with van der Waals surface area (Å²) in [6.07, 6.45) is 13.1. The maximum atomic E-state index is 10.4. The first kappa shape index (κ1) is 27.0. The molecule has 0 rings (SSSR count). The van der Waals surface area contributed by atoms with Crippen LogP contribution in [0.2, 0.25) is 36.3 Å². The lowest BCUT2D eigenvalue weighted by Crippen LogP contribution is -2.50. The van der Waals surface area contributed by atoms with Crippen LogP contribution < -0.4 is 0 Å². The fraction of sp³-hybridized carbons (Fsp3) is 0.609. The van der Waals surface area contributed by atoms with Crippen molar-refractivity contribution in [3.63, 3.8) is 0 Å². The first-order chi connectivity index (χ1) is 12.6. The van der Waals surface area contributed by atoms with Crippen LogP contribution in [-0.4, -0.2) is 35.1 Å². The zero-order valence-corrected chi connectivity index (χ0v) is 21.7. The van der Waals surface area contributed by atoms with Crippen molar-refractivity contribution in [1.82, 2.24) is 0 Å². The van der Waals surface area contributed by atoms with E-state index in [1.54, 1.807) is 6.08 Å². The number of rotatable bonds is 10. The van der Waals surface area contributed by atoms with E-state index in [0.717, 1.165) is 6.29 Å². The van der Waals surface area contributed by atoms with E-state index in [0.29, 0.717) is 0 Å². The van der Waals surface area contributed by atoms with Crippen molar-refractivity contribution >= 4 is 22.9 Å². The average molecular weight is 423 g/mol. The Hall–Kier alpha value is -1.02. The molecule has 0 saturated heterocycles. The van der Waals surface area contributed by atoms with Crippen LogP contribution in [0.3, 0.4) is 0 Å². The van der Waals surface area contributed by atoms with Gasteiger partial charge in [0.2, 0.25) is 0 Å². The zero-order chi connectivity index (χ0) is 22.2. The molecule has 28 heavy (non-hydrogen) atoms. The van der Waals surface area contributed by atoms with Crippen molar-refractivity contribution in [2.24, 2.45) is 0 Å². The molecule has 0 saturated carbocycles. The third-order valence-electron chi connectivity index (χ3n) is 5.85. The number of aldehydes is 1. The molecule has 0 radical (unpaired) electrons. The van der Waals surface area contributed by atoms with Crippen LogP contribution in [0.4, 0.5) is 0 Å². The van der Waals surface area contributed by atoms with Gasteiger partial charge in [0.15, 0.2) is 16.6 Å². The molecular formula is C23H42O3Si2. The number of carbonyl (C=O) groups is 1. The van der Waals surface area contributed by atoms with E-state index in [1.165, 1.54) is 6.08 Å². The van der Waals surface area contributed by atoms with Crippen LogP contribution >= 0.6 is 0 Å². The Kier molecular flexibility index (Phi) is 10.3. The highest BCUT2D eigenvalue weighted by atomic mass is 28.4. The molecular weight excluding hydrogens is 380 g/mol. The predicted molar refractivity (Wildman–Crippen MR) is 128 cm³/mol. The van der Waals surface area contributed by atoms with Crippen molar-refractivity contribution in [2.45, 2.75) is 90.0 Å². The fourth-order valence-corrected chi connectivity index (χ4v) is 4.42. The van der Waals surface area contributed by atoms with Crippen LogP contribution in [-0.2, 0) is 13.6 Å². The van der Waals surface area contributed by atoms with E-state index in [2.05, 4.69) is 74.3 Å². The molecule has 0 aliphatic heterocycles. The number of hydrogen-bond donors (Lipinski definition) is 0. The lowest BCUT2D eigenvalue weighted by molar-refractivity contribution is -0.104. The molecule has 0 amide bonds. The minimum atomic E-state index is -2.00. The second-order valence-corrected chi connectivity index (χ2v) is 19.7. The van der Waals surface area contributed by atoms with Crippen molar-refractivity contribution in [1.29, 1.82) is 0 Å². The molecule has 0 fully saturated rings. The normalized spacial score (nSPS) is 16.8. The smallest absolute Gasteiger partial charge is 0.193 e. The molecule has 3 nitrogen and oxygen atoms in total. The predicted octanol–water partition coefficient (Wildman–Crippen LogP) is 6.82. The van der Waals surface area contributed by atoms with E-state index in [1.807, 2.05) is 30.4 Å². The SMILES string of the molecule is C=C[C@@H](O[Si](C)(C)C(C)(C)C)[C@@H](/C=C/C=C/C=C/C=O)O[Si](C)(C)C(C)(C)C.